The maximum Gasteiger partial charge on any atom is 0.330 e. The standard InChI is InChI=1S/C17H26O8/c1-2-16(18)25-12-17(9-19-3-13-6-22-13,10-20-4-14-7-23-14)11-21-5-15-8-24-15/h2,13-15H,1,3-12H2. The number of carbonyl (C=O) groups excluding carboxylic acids is 1. The second-order valence-electron chi connectivity index (χ2n) is 6.72. The summed E-state index contributed by atoms with van der Waals surface area (Å²) in [7, 11) is 0. The second kappa shape index (κ2) is 9.07. The molecule has 3 atom stereocenters. The lowest BCUT2D eigenvalue weighted by Gasteiger charge is -2.32. The molecule has 3 saturated heterocycles. The first-order chi connectivity index (χ1) is 12.2. The Morgan fingerprint density at radius 3 is 1.60 bits per heavy atom. The van der Waals surface area contributed by atoms with Gasteiger partial charge in [0.05, 0.1) is 64.9 Å². The number of rotatable bonds is 15. The highest BCUT2D eigenvalue weighted by Crippen LogP contribution is 2.24. The van der Waals surface area contributed by atoms with E-state index in [1.165, 1.54) is 0 Å². The minimum Gasteiger partial charge on any atom is -0.462 e. The van der Waals surface area contributed by atoms with E-state index < -0.39 is 11.4 Å². The molecule has 0 aromatic carbocycles. The quantitative estimate of drug-likeness (QED) is 0.229. The maximum absolute atomic E-state index is 11.5. The van der Waals surface area contributed by atoms with Crippen molar-refractivity contribution in [3.05, 3.63) is 12.7 Å². The number of epoxide rings is 3. The summed E-state index contributed by atoms with van der Waals surface area (Å²) in [6.07, 6.45) is 1.63. The number of esters is 1. The Balaban J connectivity index is 1.52. The molecule has 3 heterocycles. The minimum atomic E-state index is -0.600. The highest BCUT2D eigenvalue weighted by Gasteiger charge is 2.36. The number of hydrogen-bond acceptors (Lipinski definition) is 8. The van der Waals surface area contributed by atoms with Gasteiger partial charge in [0.15, 0.2) is 0 Å². The average Bonchev–Trinajstić information content (AvgIpc) is 3.46. The first-order valence-corrected chi connectivity index (χ1v) is 8.56. The van der Waals surface area contributed by atoms with Crippen LogP contribution >= 0.6 is 0 Å². The van der Waals surface area contributed by atoms with Crippen LogP contribution in [0.2, 0.25) is 0 Å². The summed E-state index contributed by atoms with van der Waals surface area (Å²) in [4.78, 5) is 11.5. The molecule has 142 valence electrons. The summed E-state index contributed by atoms with van der Waals surface area (Å²) in [5, 5.41) is 0. The van der Waals surface area contributed by atoms with Crippen LogP contribution in [0.25, 0.3) is 0 Å². The van der Waals surface area contributed by atoms with Gasteiger partial charge in [0, 0.05) is 6.08 Å². The van der Waals surface area contributed by atoms with Crippen LogP contribution in [0.5, 0.6) is 0 Å². The molecule has 0 spiro atoms. The van der Waals surface area contributed by atoms with Gasteiger partial charge in [0.2, 0.25) is 0 Å². The van der Waals surface area contributed by atoms with Crippen LogP contribution in [0.1, 0.15) is 0 Å². The van der Waals surface area contributed by atoms with Crippen LogP contribution in [0, 0.1) is 5.41 Å². The normalized spacial score (nSPS) is 28.9. The van der Waals surface area contributed by atoms with E-state index in [9.17, 15) is 4.79 Å². The van der Waals surface area contributed by atoms with Crippen molar-refractivity contribution in [3.63, 3.8) is 0 Å². The van der Waals surface area contributed by atoms with Crippen molar-refractivity contribution in [1.29, 1.82) is 0 Å². The first kappa shape index (κ1) is 18.8. The number of hydrogen-bond donors (Lipinski definition) is 0. The van der Waals surface area contributed by atoms with Gasteiger partial charge in [-0.1, -0.05) is 6.58 Å². The van der Waals surface area contributed by atoms with E-state index in [1.54, 1.807) is 0 Å². The SMILES string of the molecule is C=CC(=O)OCC(COCC1CO1)(COCC1CO1)COCC1CO1. The molecular formula is C17H26O8. The molecule has 3 aliphatic heterocycles. The molecule has 0 amide bonds. The zero-order chi connectivity index (χ0) is 17.5. The zero-order valence-corrected chi connectivity index (χ0v) is 14.4. The van der Waals surface area contributed by atoms with Crippen molar-refractivity contribution < 1.29 is 38.0 Å². The van der Waals surface area contributed by atoms with Crippen LogP contribution in [0.3, 0.4) is 0 Å². The lowest BCUT2D eigenvalue weighted by Crippen LogP contribution is -2.43. The Morgan fingerprint density at radius 1 is 0.880 bits per heavy atom. The molecule has 3 aliphatic rings. The second-order valence-corrected chi connectivity index (χ2v) is 6.72. The molecule has 3 unspecified atom stereocenters. The Bertz CT molecular complexity index is 396. The Kier molecular flexibility index (Phi) is 6.80. The molecule has 3 rings (SSSR count). The van der Waals surface area contributed by atoms with Gasteiger partial charge in [-0.25, -0.2) is 4.79 Å². The van der Waals surface area contributed by atoms with Gasteiger partial charge in [0.1, 0.15) is 24.9 Å². The predicted molar refractivity (Wildman–Crippen MR) is 85.3 cm³/mol. The van der Waals surface area contributed by atoms with Gasteiger partial charge < -0.3 is 33.2 Å². The molecule has 0 N–H and O–H groups in total. The van der Waals surface area contributed by atoms with E-state index in [2.05, 4.69) is 6.58 Å². The molecule has 0 radical (unpaired) electrons. The zero-order valence-electron chi connectivity index (χ0n) is 14.4. The van der Waals surface area contributed by atoms with Crippen molar-refractivity contribution in [2.75, 3.05) is 66.1 Å². The van der Waals surface area contributed by atoms with Crippen LogP contribution in [-0.2, 0) is 38.0 Å². The minimum absolute atomic E-state index is 0.125. The smallest absolute Gasteiger partial charge is 0.330 e. The van der Waals surface area contributed by atoms with Gasteiger partial charge in [-0.15, -0.1) is 0 Å². The van der Waals surface area contributed by atoms with E-state index >= 15 is 0 Å². The fraction of sp³-hybridized carbons (Fsp3) is 0.824. The van der Waals surface area contributed by atoms with E-state index in [1.807, 2.05) is 0 Å². The monoisotopic (exact) mass is 358 g/mol. The topological polar surface area (TPSA) is 91.6 Å². The molecule has 0 bridgehead atoms. The summed E-state index contributed by atoms with van der Waals surface area (Å²) in [6, 6.07) is 0. The van der Waals surface area contributed by atoms with Crippen LogP contribution in [0.15, 0.2) is 12.7 Å². The van der Waals surface area contributed by atoms with Gasteiger partial charge in [0.25, 0.3) is 0 Å². The largest absolute Gasteiger partial charge is 0.462 e. The van der Waals surface area contributed by atoms with Crippen LogP contribution in [0.4, 0.5) is 0 Å². The van der Waals surface area contributed by atoms with Gasteiger partial charge in [-0.05, 0) is 0 Å². The fourth-order valence-electron chi connectivity index (χ4n) is 2.25. The van der Waals surface area contributed by atoms with Crippen molar-refractivity contribution in [3.8, 4) is 0 Å². The fourth-order valence-corrected chi connectivity index (χ4v) is 2.25. The molecule has 25 heavy (non-hydrogen) atoms. The third-order valence-corrected chi connectivity index (χ3v) is 4.03. The van der Waals surface area contributed by atoms with Gasteiger partial charge >= 0.3 is 5.97 Å². The van der Waals surface area contributed by atoms with Crippen LogP contribution in [-0.4, -0.2) is 90.4 Å². The Morgan fingerprint density at radius 2 is 1.28 bits per heavy atom. The van der Waals surface area contributed by atoms with Gasteiger partial charge in [-0.3, -0.25) is 0 Å². The first-order valence-electron chi connectivity index (χ1n) is 8.56. The molecule has 0 aromatic rings. The maximum atomic E-state index is 11.5. The lowest BCUT2D eigenvalue weighted by atomic mass is 9.92. The summed E-state index contributed by atoms with van der Waals surface area (Å²) >= 11 is 0. The molecule has 0 aromatic heterocycles. The number of ether oxygens (including phenoxy) is 7. The van der Waals surface area contributed by atoms with Crippen LogP contribution < -0.4 is 0 Å². The Labute approximate surface area is 147 Å². The van der Waals surface area contributed by atoms with Crippen molar-refractivity contribution in [2.24, 2.45) is 5.41 Å². The molecule has 0 aliphatic carbocycles. The van der Waals surface area contributed by atoms with E-state index in [-0.39, 0.29) is 24.9 Å². The summed E-state index contributed by atoms with van der Waals surface area (Å²) in [5.74, 6) is -0.481. The third kappa shape index (κ3) is 7.39. The lowest BCUT2D eigenvalue weighted by molar-refractivity contribution is -0.151. The highest BCUT2D eigenvalue weighted by molar-refractivity contribution is 5.81. The van der Waals surface area contributed by atoms with E-state index in [0.717, 1.165) is 25.9 Å². The highest BCUT2D eigenvalue weighted by atomic mass is 16.6. The number of carbonyl (C=O) groups is 1. The predicted octanol–water partition coefficient (Wildman–Crippen LogP) is -0.0518. The molecule has 0 saturated carbocycles. The van der Waals surface area contributed by atoms with E-state index in [0.29, 0.717) is 39.6 Å². The van der Waals surface area contributed by atoms with Crippen molar-refractivity contribution in [2.45, 2.75) is 18.3 Å². The molecule has 8 heteroatoms. The van der Waals surface area contributed by atoms with Gasteiger partial charge in [-0.2, -0.15) is 0 Å². The summed E-state index contributed by atoms with van der Waals surface area (Å²) in [5.41, 5.74) is -0.600. The molecule has 3 fully saturated rings. The molecule has 8 nitrogen and oxygen atoms in total. The summed E-state index contributed by atoms with van der Waals surface area (Å²) in [6.45, 7) is 8.28. The molecular weight excluding hydrogens is 332 g/mol. The van der Waals surface area contributed by atoms with Crippen molar-refractivity contribution in [1.82, 2.24) is 0 Å². The van der Waals surface area contributed by atoms with Crippen molar-refractivity contribution >= 4 is 5.97 Å². The average molecular weight is 358 g/mol. The Hall–Kier alpha value is -1.03. The third-order valence-electron chi connectivity index (χ3n) is 4.03. The van der Waals surface area contributed by atoms with E-state index in [4.69, 9.17) is 33.2 Å². The summed E-state index contributed by atoms with van der Waals surface area (Å²) < 4.78 is 38.1.